The van der Waals surface area contributed by atoms with E-state index < -0.39 is 0 Å². The summed E-state index contributed by atoms with van der Waals surface area (Å²) in [4.78, 5) is 15.0. The van der Waals surface area contributed by atoms with Crippen LogP contribution in [0.2, 0.25) is 0 Å². The molecule has 21 heavy (non-hydrogen) atoms. The molecule has 0 atom stereocenters. The van der Waals surface area contributed by atoms with Crippen LogP contribution in [0.5, 0.6) is 0 Å². The smallest absolute Gasteiger partial charge is 0.240 e. The molecular formula is C14H20N6O. The number of piperidine rings is 1. The predicted octanol–water partition coefficient (Wildman–Crippen LogP) is 1.55. The molecule has 1 fully saturated rings. The summed E-state index contributed by atoms with van der Waals surface area (Å²) in [6.45, 7) is 6.58. The molecule has 0 aromatic carbocycles. The maximum Gasteiger partial charge on any atom is 0.240 e. The Morgan fingerprint density at radius 2 is 2.10 bits per heavy atom. The van der Waals surface area contributed by atoms with Crippen LogP contribution < -0.4 is 5.32 Å². The summed E-state index contributed by atoms with van der Waals surface area (Å²) in [5.74, 6) is 2.31. The van der Waals surface area contributed by atoms with Crippen molar-refractivity contribution in [1.82, 2.24) is 25.0 Å². The molecule has 1 N–H and O–H groups in total. The van der Waals surface area contributed by atoms with Crippen molar-refractivity contribution < 1.29 is 4.52 Å². The molecule has 7 heteroatoms. The number of aromatic nitrogens is 4. The largest absolute Gasteiger partial charge is 0.367 e. The van der Waals surface area contributed by atoms with Gasteiger partial charge in [0.05, 0.1) is 6.54 Å². The van der Waals surface area contributed by atoms with Crippen LogP contribution in [0.25, 0.3) is 0 Å². The molecule has 2 aromatic rings. The zero-order chi connectivity index (χ0) is 14.7. The van der Waals surface area contributed by atoms with Crippen molar-refractivity contribution in [1.29, 1.82) is 0 Å². The highest BCUT2D eigenvalue weighted by atomic mass is 16.5. The van der Waals surface area contributed by atoms with Gasteiger partial charge in [-0.15, -0.1) is 0 Å². The van der Waals surface area contributed by atoms with E-state index in [1.807, 2.05) is 19.9 Å². The molecule has 0 aliphatic carbocycles. The molecule has 2 aromatic heterocycles. The van der Waals surface area contributed by atoms with Gasteiger partial charge in [-0.05, 0) is 26.7 Å². The fourth-order valence-corrected chi connectivity index (χ4v) is 2.57. The van der Waals surface area contributed by atoms with Crippen LogP contribution in [0, 0.1) is 13.8 Å². The lowest BCUT2D eigenvalue weighted by atomic mass is 10.1. The van der Waals surface area contributed by atoms with Crippen LogP contribution in [-0.2, 0) is 6.54 Å². The summed E-state index contributed by atoms with van der Waals surface area (Å²) < 4.78 is 5.17. The first kappa shape index (κ1) is 13.9. The first-order valence-electron chi connectivity index (χ1n) is 7.26. The zero-order valence-corrected chi connectivity index (χ0v) is 12.4. The highest BCUT2D eigenvalue weighted by Gasteiger charge is 2.21. The lowest BCUT2D eigenvalue weighted by molar-refractivity contribution is 0.186. The van der Waals surface area contributed by atoms with Gasteiger partial charge in [0, 0.05) is 30.9 Å². The van der Waals surface area contributed by atoms with E-state index in [1.165, 1.54) is 0 Å². The Kier molecular flexibility index (Phi) is 4.10. The number of nitrogens with one attached hydrogen (secondary N) is 1. The molecule has 0 radical (unpaired) electrons. The van der Waals surface area contributed by atoms with Gasteiger partial charge in [0.25, 0.3) is 0 Å². The lowest BCUT2D eigenvalue weighted by Gasteiger charge is -2.31. The third-order valence-electron chi connectivity index (χ3n) is 3.67. The topological polar surface area (TPSA) is 80.0 Å². The average molecular weight is 288 g/mol. The molecule has 0 unspecified atom stereocenters. The molecule has 1 aliphatic rings. The van der Waals surface area contributed by atoms with Crippen molar-refractivity contribution in [3.05, 3.63) is 29.8 Å². The van der Waals surface area contributed by atoms with Crippen molar-refractivity contribution in [2.75, 3.05) is 18.4 Å². The lowest BCUT2D eigenvalue weighted by Crippen LogP contribution is -2.38. The highest BCUT2D eigenvalue weighted by molar-refractivity contribution is 5.35. The van der Waals surface area contributed by atoms with Gasteiger partial charge < -0.3 is 9.84 Å². The third-order valence-corrected chi connectivity index (χ3v) is 3.67. The highest BCUT2D eigenvalue weighted by Crippen LogP contribution is 2.16. The second kappa shape index (κ2) is 6.17. The van der Waals surface area contributed by atoms with Gasteiger partial charge in [-0.25, -0.2) is 9.97 Å². The maximum absolute atomic E-state index is 5.17. The van der Waals surface area contributed by atoms with Gasteiger partial charge in [0.15, 0.2) is 5.82 Å². The molecule has 0 saturated carbocycles. The summed E-state index contributed by atoms with van der Waals surface area (Å²) in [6, 6.07) is 2.44. The van der Waals surface area contributed by atoms with E-state index in [-0.39, 0.29) is 0 Å². The van der Waals surface area contributed by atoms with E-state index in [0.717, 1.165) is 44.0 Å². The molecule has 1 saturated heterocycles. The second-order valence-corrected chi connectivity index (χ2v) is 5.47. The minimum Gasteiger partial charge on any atom is -0.367 e. The Morgan fingerprint density at radius 3 is 2.76 bits per heavy atom. The minimum absolute atomic E-state index is 0.458. The maximum atomic E-state index is 5.17. The average Bonchev–Trinajstić information content (AvgIpc) is 2.86. The summed E-state index contributed by atoms with van der Waals surface area (Å²) in [7, 11) is 0. The van der Waals surface area contributed by atoms with Crippen LogP contribution in [0.1, 0.15) is 30.3 Å². The number of hydrogen-bond donors (Lipinski definition) is 1. The van der Waals surface area contributed by atoms with Gasteiger partial charge in [-0.3, -0.25) is 4.90 Å². The molecule has 1 aliphatic heterocycles. The van der Waals surface area contributed by atoms with Crippen LogP contribution in [0.4, 0.5) is 5.82 Å². The predicted molar refractivity (Wildman–Crippen MR) is 77.7 cm³/mol. The number of aryl methyl sites for hydroxylation is 2. The molecular weight excluding hydrogens is 268 g/mol. The Morgan fingerprint density at radius 1 is 1.29 bits per heavy atom. The van der Waals surface area contributed by atoms with Gasteiger partial charge in [0.2, 0.25) is 5.89 Å². The van der Waals surface area contributed by atoms with E-state index >= 15 is 0 Å². The van der Waals surface area contributed by atoms with Crippen molar-refractivity contribution in [3.8, 4) is 0 Å². The van der Waals surface area contributed by atoms with Crippen molar-refractivity contribution >= 4 is 5.82 Å². The summed E-state index contributed by atoms with van der Waals surface area (Å²) in [6.07, 6.45) is 3.76. The van der Waals surface area contributed by atoms with Crippen molar-refractivity contribution in [2.24, 2.45) is 0 Å². The summed E-state index contributed by atoms with van der Waals surface area (Å²) >= 11 is 0. The molecule has 0 amide bonds. The quantitative estimate of drug-likeness (QED) is 0.914. The van der Waals surface area contributed by atoms with Crippen molar-refractivity contribution in [3.63, 3.8) is 0 Å². The SMILES string of the molecule is Cc1cc(NC2CCN(Cc3nc(C)no3)CC2)ncn1. The van der Waals surface area contributed by atoms with E-state index in [0.29, 0.717) is 17.8 Å². The van der Waals surface area contributed by atoms with Crippen molar-refractivity contribution in [2.45, 2.75) is 39.3 Å². The van der Waals surface area contributed by atoms with E-state index in [1.54, 1.807) is 6.33 Å². The fraction of sp³-hybridized carbons (Fsp3) is 0.571. The first-order chi connectivity index (χ1) is 10.2. The molecule has 7 nitrogen and oxygen atoms in total. The minimum atomic E-state index is 0.458. The number of likely N-dealkylation sites (tertiary alicyclic amines) is 1. The van der Waals surface area contributed by atoms with Crippen LogP contribution in [0.15, 0.2) is 16.9 Å². The van der Waals surface area contributed by atoms with Gasteiger partial charge >= 0.3 is 0 Å². The molecule has 3 rings (SSSR count). The normalized spacial score (nSPS) is 17.0. The second-order valence-electron chi connectivity index (χ2n) is 5.47. The van der Waals surface area contributed by atoms with Gasteiger partial charge in [-0.1, -0.05) is 5.16 Å². The Balaban J connectivity index is 1.48. The van der Waals surface area contributed by atoms with Gasteiger partial charge in [0.1, 0.15) is 12.1 Å². The zero-order valence-electron chi connectivity index (χ0n) is 12.4. The monoisotopic (exact) mass is 288 g/mol. The number of nitrogens with zero attached hydrogens (tertiary/aromatic N) is 5. The Labute approximate surface area is 123 Å². The molecule has 0 spiro atoms. The number of rotatable bonds is 4. The number of anilines is 1. The Bertz CT molecular complexity index is 591. The first-order valence-corrected chi connectivity index (χ1v) is 7.26. The summed E-state index contributed by atoms with van der Waals surface area (Å²) in [5, 5.41) is 7.30. The third kappa shape index (κ3) is 3.75. The Hall–Kier alpha value is -2.02. The number of hydrogen-bond acceptors (Lipinski definition) is 7. The molecule has 0 bridgehead atoms. The van der Waals surface area contributed by atoms with E-state index in [4.69, 9.17) is 4.52 Å². The van der Waals surface area contributed by atoms with E-state index in [9.17, 15) is 0 Å². The standard InChI is InChI=1S/C14H20N6O/c1-10-7-13(16-9-15-10)18-12-3-5-20(6-4-12)8-14-17-11(2)19-21-14/h7,9,12H,3-6,8H2,1-2H3,(H,15,16,18). The fourth-order valence-electron chi connectivity index (χ4n) is 2.57. The van der Waals surface area contributed by atoms with Gasteiger partial charge in [-0.2, -0.15) is 4.98 Å². The van der Waals surface area contributed by atoms with Crippen LogP contribution in [-0.4, -0.2) is 44.1 Å². The van der Waals surface area contributed by atoms with Crippen LogP contribution >= 0.6 is 0 Å². The summed E-state index contributed by atoms with van der Waals surface area (Å²) in [5.41, 5.74) is 0.983. The van der Waals surface area contributed by atoms with E-state index in [2.05, 4.69) is 30.3 Å². The molecule has 3 heterocycles. The molecule has 112 valence electrons. The van der Waals surface area contributed by atoms with Crippen LogP contribution in [0.3, 0.4) is 0 Å².